The Balaban J connectivity index is 3.26. The molecule has 0 aliphatic carbocycles. The largest absolute Gasteiger partial charge is 0.474 e. The van der Waals surface area contributed by atoms with Gasteiger partial charge in [-0.1, -0.05) is 13.8 Å². The number of hydrogen-bond acceptors (Lipinski definition) is 5. The third kappa shape index (κ3) is 2.91. The molecule has 6 heteroatoms. The molecule has 0 aliphatic rings. The van der Waals surface area contributed by atoms with Gasteiger partial charge in [0.25, 0.3) is 0 Å². The summed E-state index contributed by atoms with van der Waals surface area (Å²) in [6.45, 7) is 3.94. The summed E-state index contributed by atoms with van der Waals surface area (Å²) in [7, 11) is 0. The molecule has 94 valence electrons. The van der Waals surface area contributed by atoms with Gasteiger partial charge in [-0.05, 0) is 18.4 Å². The lowest BCUT2D eigenvalue weighted by molar-refractivity contribution is 0.195. The second kappa shape index (κ2) is 6.15. The van der Waals surface area contributed by atoms with Gasteiger partial charge in [-0.2, -0.15) is 5.10 Å². The molecule has 0 atom stereocenters. The molecule has 1 heterocycles. The Morgan fingerprint density at radius 2 is 2.06 bits per heavy atom. The van der Waals surface area contributed by atoms with Crippen LogP contribution in [0.1, 0.15) is 30.7 Å². The molecule has 4 N–H and O–H groups in total. The number of aliphatic hydroxyl groups is 1. The number of aryl methyl sites for hydroxylation is 1. The highest BCUT2D eigenvalue weighted by molar-refractivity contribution is 5.98. The number of nitrogen functional groups attached to an aromatic ring is 1. The number of ether oxygens (including phenoxy) is 1. The third-order valence-corrected chi connectivity index (χ3v) is 2.41. The van der Waals surface area contributed by atoms with Crippen molar-refractivity contribution in [3.8, 4) is 5.88 Å². The van der Waals surface area contributed by atoms with Gasteiger partial charge >= 0.3 is 0 Å². The Labute approximate surface area is 100 Å². The summed E-state index contributed by atoms with van der Waals surface area (Å²) in [6.07, 6.45) is 1.44. The van der Waals surface area contributed by atoms with E-state index in [0.717, 1.165) is 17.7 Å². The maximum atomic E-state index is 8.73. The molecule has 0 radical (unpaired) electrons. The summed E-state index contributed by atoms with van der Waals surface area (Å²) in [5.74, 6) is 0.139. The van der Waals surface area contributed by atoms with Crippen LogP contribution in [0.25, 0.3) is 0 Å². The predicted molar refractivity (Wildman–Crippen MR) is 64.4 cm³/mol. The number of nitrogens with two attached hydrogens (primary N) is 1. The van der Waals surface area contributed by atoms with E-state index in [2.05, 4.69) is 10.2 Å². The predicted octanol–water partition coefficient (Wildman–Crippen LogP) is 0.257. The molecular weight excluding hydrogens is 220 g/mol. The lowest BCUT2D eigenvalue weighted by Gasteiger charge is -2.14. The van der Waals surface area contributed by atoms with Crippen LogP contribution < -0.4 is 10.5 Å². The molecular formula is C11H18N4O2. The molecule has 1 aromatic heterocycles. The van der Waals surface area contributed by atoms with Crippen molar-refractivity contribution in [3.05, 3.63) is 16.8 Å². The van der Waals surface area contributed by atoms with Gasteiger partial charge in [0.15, 0.2) is 0 Å². The van der Waals surface area contributed by atoms with Crippen molar-refractivity contribution in [2.75, 3.05) is 13.2 Å². The number of nitrogens with one attached hydrogen (secondary N) is 1. The van der Waals surface area contributed by atoms with Crippen molar-refractivity contribution in [3.63, 3.8) is 0 Å². The number of aromatic nitrogens is 2. The van der Waals surface area contributed by atoms with Crippen LogP contribution >= 0.6 is 0 Å². The van der Waals surface area contributed by atoms with Gasteiger partial charge in [0, 0.05) is 0 Å². The highest BCUT2D eigenvalue weighted by Gasteiger charge is 2.17. The van der Waals surface area contributed by atoms with E-state index in [9.17, 15) is 0 Å². The van der Waals surface area contributed by atoms with E-state index in [1.54, 1.807) is 0 Å². The average molecular weight is 238 g/mol. The minimum atomic E-state index is -0.115. The summed E-state index contributed by atoms with van der Waals surface area (Å²) in [5.41, 5.74) is 7.77. The van der Waals surface area contributed by atoms with Crippen LogP contribution in [0.5, 0.6) is 5.88 Å². The zero-order chi connectivity index (χ0) is 12.8. The molecule has 0 saturated carbocycles. The Morgan fingerprint density at radius 3 is 2.53 bits per heavy atom. The molecule has 1 aromatic rings. The van der Waals surface area contributed by atoms with E-state index in [1.807, 2.05) is 13.8 Å². The fourth-order valence-corrected chi connectivity index (χ4v) is 1.68. The number of nitrogens with zero attached hydrogens (tertiary/aromatic N) is 2. The normalized spacial score (nSPS) is 10.3. The maximum Gasteiger partial charge on any atom is 0.244 e. The van der Waals surface area contributed by atoms with E-state index >= 15 is 0 Å². The summed E-state index contributed by atoms with van der Waals surface area (Å²) in [5, 5.41) is 24.3. The van der Waals surface area contributed by atoms with Crippen molar-refractivity contribution in [2.24, 2.45) is 5.73 Å². The number of rotatable bonds is 6. The fraction of sp³-hybridized carbons (Fsp3) is 0.545. The van der Waals surface area contributed by atoms with Gasteiger partial charge < -0.3 is 15.6 Å². The highest BCUT2D eigenvalue weighted by Crippen LogP contribution is 2.22. The quantitative estimate of drug-likeness (QED) is 0.487. The first kappa shape index (κ1) is 13.4. The Kier molecular flexibility index (Phi) is 4.84. The third-order valence-electron chi connectivity index (χ3n) is 2.41. The van der Waals surface area contributed by atoms with Crippen molar-refractivity contribution in [1.82, 2.24) is 10.2 Å². The van der Waals surface area contributed by atoms with Crippen LogP contribution in [-0.2, 0) is 12.8 Å². The maximum absolute atomic E-state index is 8.73. The average Bonchev–Trinajstić information content (AvgIpc) is 2.34. The first-order valence-electron chi connectivity index (χ1n) is 5.62. The van der Waals surface area contributed by atoms with Gasteiger partial charge in [-0.25, -0.2) is 0 Å². The van der Waals surface area contributed by atoms with Crippen LogP contribution in [0, 0.1) is 5.41 Å². The molecule has 0 aliphatic heterocycles. The van der Waals surface area contributed by atoms with Crippen LogP contribution in [0.2, 0.25) is 0 Å². The van der Waals surface area contributed by atoms with Gasteiger partial charge in [-0.15, -0.1) is 5.10 Å². The number of hydrogen-bond donors (Lipinski definition) is 3. The summed E-state index contributed by atoms with van der Waals surface area (Å²) in [6, 6.07) is 0. The topological polar surface area (TPSA) is 105 Å². The summed E-state index contributed by atoms with van der Waals surface area (Å²) < 4.78 is 5.25. The Morgan fingerprint density at radius 1 is 1.35 bits per heavy atom. The van der Waals surface area contributed by atoms with Crippen molar-refractivity contribution in [2.45, 2.75) is 26.7 Å². The minimum Gasteiger partial charge on any atom is -0.474 e. The van der Waals surface area contributed by atoms with Gasteiger partial charge in [0.05, 0.1) is 17.9 Å². The molecule has 0 spiro atoms. The Hall–Kier alpha value is -1.69. The van der Waals surface area contributed by atoms with Crippen molar-refractivity contribution < 1.29 is 9.84 Å². The SMILES string of the molecule is CCc1nnc(OCCO)c(C(=N)N)c1CC. The molecule has 0 bridgehead atoms. The van der Waals surface area contributed by atoms with Gasteiger partial charge in [0.1, 0.15) is 12.4 Å². The summed E-state index contributed by atoms with van der Waals surface area (Å²) >= 11 is 0. The number of amidine groups is 1. The first-order valence-corrected chi connectivity index (χ1v) is 5.62. The van der Waals surface area contributed by atoms with Crippen molar-refractivity contribution >= 4 is 5.84 Å². The standard InChI is InChI=1S/C11H18N4O2/c1-3-7-8(4-2)14-15-11(17-6-5-16)9(7)10(12)13/h16H,3-6H2,1-2H3,(H3,12,13). The fourth-order valence-electron chi connectivity index (χ4n) is 1.68. The molecule has 0 unspecified atom stereocenters. The van der Waals surface area contributed by atoms with E-state index in [1.165, 1.54) is 0 Å². The zero-order valence-corrected chi connectivity index (χ0v) is 10.2. The molecule has 17 heavy (non-hydrogen) atoms. The van der Waals surface area contributed by atoms with E-state index in [0.29, 0.717) is 12.0 Å². The smallest absolute Gasteiger partial charge is 0.244 e. The second-order valence-electron chi connectivity index (χ2n) is 3.50. The summed E-state index contributed by atoms with van der Waals surface area (Å²) in [4.78, 5) is 0. The highest BCUT2D eigenvalue weighted by atomic mass is 16.5. The lowest BCUT2D eigenvalue weighted by Crippen LogP contribution is -2.20. The molecule has 6 nitrogen and oxygen atoms in total. The van der Waals surface area contributed by atoms with Gasteiger partial charge in [-0.3, -0.25) is 5.41 Å². The minimum absolute atomic E-state index is 0.0839. The zero-order valence-electron chi connectivity index (χ0n) is 10.2. The first-order chi connectivity index (χ1) is 8.15. The number of aliphatic hydroxyl groups excluding tert-OH is 1. The van der Waals surface area contributed by atoms with Gasteiger partial charge in [0.2, 0.25) is 5.88 Å². The molecule has 0 saturated heterocycles. The van der Waals surface area contributed by atoms with Crippen LogP contribution in [0.3, 0.4) is 0 Å². The molecule has 1 rings (SSSR count). The molecule has 0 fully saturated rings. The molecule has 0 amide bonds. The van der Waals surface area contributed by atoms with Crippen LogP contribution in [0.15, 0.2) is 0 Å². The van der Waals surface area contributed by atoms with E-state index < -0.39 is 0 Å². The van der Waals surface area contributed by atoms with Crippen molar-refractivity contribution in [1.29, 1.82) is 5.41 Å². The van der Waals surface area contributed by atoms with Crippen LogP contribution in [0.4, 0.5) is 0 Å². The molecule has 0 aromatic carbocycles. The Bertz CT molecular complexity index is 407. The van der Waals surface area contributed by atoms with E-state index in [4.69, 9.17) is 21.0 Å². The van der Waals surface area contributed by atoms with E-state index in [-0.39, 0.29) is 24.9 Å². The second-order valence-corrected chi connectivity index (χ2v) is 3.50. The monoisotopic (exact) mass is 238 g/mol. The lowest BCUT2D eigenvalue weighted by atomic mass is 10.0. The van der Waals surface area contributed by atoms with Crippen LogP contribution in [-0.4, -0.2) is 34.4 Å².